The normalized spacial score (nSPS) is 17.1. The SMILES string of the molecule is CCNC(CCC1CC1)c1cc(F)cc(Br)c1. The third-order valence-electron chi connectivity index (χ3n) is 3.30. The molecule has 1 aliphatic rings. The van der Waals surface area contributed by atoms with Gasteiger partial charge in [-0.15, -0.1) is 0 Å². The Kier molecular flexibility index (Phi) is 4.57. The lowest BCUT2D eigenvalue weighted by Gasteiger charge is -2.18. The summed E-state index contributed by atoms with van der Waals surface area (Å²) in [6, 6.07) is 5.45. The minimum Gasteiger partial charge on any atom is -0.310 e. The predicted octanol–water partition coefficient (Wildman–Crippen LogP) is 4.43. The van der Waals surface area contributed by atoms with Crippen molar-refractivity contribution in [3.63, 3.8) is 0 Å². The third-order valence-corrected chi connectivity index (χ3v) is 3.76. The summed E-state index contributed by atoms with van der Waals surface area (Å²) in [6.45, 7) is 3.02. The van der Waals surface area contributed by atoms with Crippen molar-refractivity contribution in [1.29, 1.82) is 0 Å². The topological polar surface area (TPSA) is 12.0 Å². The van der Waals surface area contributed by atoms with Crippen LogP contribution < -0.4 is 5.32 Å². The van der Waals surface area contributed by atoms with Gasteiger partial charge < -0.3 is 5.32 Å². The summed E-state index contributed by atoms with van der Waals surface area (Å²) in [5, 5.41) is 3.45. The van der Waals surface area contributed by atoms with E-state index >= 15 is 0 Å². The molecule has 1 unspecified atom stereocenters. The Morgan fingerprint density at radius 3 is 2.76 bits per heavy atom. The number of halogens is 2. The largest absolute Gasteiger partial charge is 0.310 e. The van der Waals surface area contributed by atoms with Gasteiger partial charge in [-0.2, -0.15) is 0 Å². The maximum Gasteiger partial charge on any atom is 0.124 e. The molecule has 1 N–H and O–H groups in total. The summed E-state index contributed by atoms with van der Waals surface area (Å²) < 4.78 is 14.2. The summed E-state index contributed by atoms with van der Waals surface area (Å²) in [5.74, 6) is 0.761. The lowest BCUT2D eigenvalue weighted by atomic mass is 10.0. The van der Waals surface area contributed by atoms with Crippen molar-refractivity contribution in [3.05, 3.63) is 34.1 Å². The van der Waals surface area contributed by atoms with E-state index in [1.807, 2.05) is 6.07 Å². The fourth-order valence-corrected chi connectivity index (χ4v) is 2.70. The molecule has 0 heterocycles. The van der Waals surface area contributed by atoms with E-state index < -0.39 is 0 Å². The van der Waals surface area contributed by atoms with Crippen LogP contribution in [0.4, 0.5) is 4.39 Å². The van der Waals surface area contributed by atoms with E-state index in [0.29, 0.717) is 0 Å². The van der Waals surface area contributed by atoms with Gasteiger partial charge in [-0.1, -0.05) is 35.7 Å². The van der Waals surface area contributed by atoms with Gasteiger partial charge in [0.05, 0.1) is 0 Å². The summed E-state index contributed by atoms with van der Waals surface area (Å²) >= 11 is 3.36. The second-order valence-electron chi connectivity index (χ2n) is 4.83. The smallest absolute Gasteiger partial charge is 0.124 e. The van der Waals surface area contributed by atoms with Gasteiger partial charge in [0.1, 0.15) is 5.82 Å². The number of hydrogen-bond acceptors (Lipinski definition) is 1. The highest BCUT2D eigenvalue weighted by Crippen LogP contribution is 2.36. The molecule has 3 heteroatoms. The zero-order chi connectivity index (χ0) is 12.3. The molecule has 94 valence electrons. The zero-order valence-corrected chi connectivity index (χ0v) is 11.8. The molecular formula is C14H19BrFN. The molecule has 0 bridgehead atoms. The Hall–Kier alpha value is -0.410. The highest BCUT2D eigenvalue weighted by molar-refractivity contribution is 9.10. The average molecular weight is 300 g/mol. The molecule has 0 aliphatic heterocycles. The summed E-state index contributed by atoms with van der Waals surface area (Å²) in [4.78, 5) is 0. The Morgan fingerprint density at radius 2 is 2.18 bits per heavy atom. The van der Waals surface area contributed by atoms with Gasteiger partial charge in [0, 0.05) is 10.5 Å². The second kappa shape index (κ2) is 5.96. The van der Waals surface area contributed by atoms with Crippen molar-refractivity contribution in [3.8, 4) is 0 Å². The molecule has 2 rings (SSSR count). The van der Waals surface area contributed by atoms with Gasteiger partial charge in [-0.05, 0) is 49.1 Å². The van der Waals surface area contributed by atoms with Crippen LogP contribution in [0.25, 0.3) is 0 Å². The van der Waals surface area contributed by atoms with Gasteiger partial charge in [-0.25, -0.2) is 4.39 Å². The van der Waals surface area contributed by atoms with Crippen LogP contribution in [0.1, 0.15) is 44.2 Å². The Balaban J connectivity index is 2.05. The summed E-state index contributed by atoms with van der Waals surface area (Å²) in [6.07, 6.45) is 5.12. The van der Waals surface area contributed by atoms with E-state index in [-0.39, 0.29) is 11.9 Å². The molecule has 0 aromatic heterocycles. The van der Waals surface area contributed by atoms with Gasteiger partial charge in [0.15, 0.2) is 0 Å². The molecule has 1 aromatic rings. The molecule has 1 aliphatic carbocycles. The Morgan fingerprint density at radius 1 is 1.41 bits per heavy atom. The van der Waals surface area contributed by atoms with E-state index in [0.717, 1.165) is 28.9 Å². The second-order valence-corrected chi connectivity index (χ2v) is 5.75. The molecule has 0 radical (unpaired) electrons. The van der Waals surface area contributed by atoms with E-state index in [1.54, 1.807) is 6.07 Å². The van der Waals surface area contributed by atoms with Crippen molar-refractivity contribution in [2.75, 3.05) is 6.54 Å². The van der Waals surface area contributed by atoms with Crippen molar-refractivity contribution >= 4 is 15.9 Å². The first-order chi connectivity index (χ1) is 8.19. The van der Waals surface area contributed by atoms with Crippen molar-refractivity contribution in [2.24, 2.45) is 5.92 Å². The molecule has 1 saturated carbocycles. The van der Waals surface area contributed by atoms with Crippen molar-refractivity contribution in [1.82, 2.24) is 5.32 Å². The Bertz CT molecular complexity index is 356. The van der Waals surface area contributed by atoms with E-state index in [4.69, 9.17) is 0 Å². The zero-order valence-electron chi connectivity index (χ0n) is 10.2. The molecule has 17 heavy (non-hydrogen) atoms. The number of nitrogens with one attached hydrogen (secondary N) is 1. The average Bonchev–Trinajstić information content (AvgIpc) is 3.06. The first-order valence-corrected chi connectivity index (χ1v) is 7.17. The van der Waals surface area contributed by atoms with Crippen LogP contribution in [0.15, 0.2) is 22.7 Å². The summed E-state index contributed by atoms with van der Waals surface area (Å²) in [7, 11) is 0. The van der Waals surface area contributed by atoms with Gasteiger partial charge in [-0.3, -0.25) is 0 Å². The molecule has 1 aromatic carbocycles. The quantitative estimate of drug-likeness (QED) is 0.819. The maximum atomic E-state index is 13.4. The van der Waals surface area contributed by atoms with Crippen LogP contribution in [0.5, 0.6) is 0 Å². The monoisotopic (exact) mass is 299 g/mol. The van der Waals surface area contributed by atoms with Crippen LogP contribution in [0, 0.1) is 11.7 Å². The fourth-order valence-electron chi connectivity index (χ4n) is 2.22. The standard InChI is InChI=1S/C14H19BrFN/c1-2-17-14(6-5-10-3-4-10)11-7-12(15)9-13(16)8-11/h7-10,14,17H,2-6H2,1H3. The minimum absolute atomic E-state index is 0.163. The lowest BCUT2D eigenvalue weighted by Crippen LogP contribution is -2.21. The highest BCUT2D eigenvalue weighted by Gasteiger charge is 2.23. The number of hydrogen-bond donors (Lipinski definition) is 1. The predicted molar refractivity (Wildman–Crippen MR) is 72.5 cm³/mol. The molecule has 1 nitrogen and oxygen atoms in total. The van der Waals surface area contributed by atoms with Crippen LogP contribution in [-0.4, -0.2) is 6.54 Å². The van der Waals surface area contributed by atoms with Crippen LogP contribution >= 0.6 is 15.9 Å². The first-order valence-electron chi connectivity index (χ1n) is 6.38. The minimum atomic E-state index is -0.163. The summed E-state index contributed by atoms with van der Waals surface area (Å²) in [5.41, 5.74) is 1.05. The number of rotatable bonds is 6. The molecule has 0 spiro atoms. The van der Waals surface area contributed by atoms with Crippen molar-refractivity contribution < 1.29 is 4.39 Å². The molecule has 1 fully saturated rings. The van der Waals surface area contributed by atoms with E-state index in [2.05, 4.69) is 28.2 Å². The molecule has 1 atom stereocenters. The molecule has 0 amide bonds. The first kappa shape index (κ1) is 13.0. The van der Waals surface area contributed by atoms with Crippen molar-refractivity contribution in [2.45, 2.75) is 38.6 Å². The number of benzene rings is 1. The van der Waals surface area contributed by atoms with E-state index in [1.165, 1.54) is 25.3 Å². The van der Waals surface area contributed by atoms with E-state index in [9.17, 15) is 4.39 Å². The fraction of sp³-hybridized carbons (Fsp3) is 0.571. The van der Waals surface area contributed by atoms with Crippen LogP contribution in [-0.2, 0) is 0 Å². The lowest BCUT2D eigenvalue weighted by molar-refractivity contribution is 0.478. The van der Waals surface area contributed by atoms with Crippen LogP contribution in [0.3, 0.4) is 0 Å². The molecular weight excluding hydrogens is 281 g/mol. The van der Waals surface area contributed by atoms with Crippen LogP contribution in [0.2, 0.25) is 0 Å². The molecule has 0 saturated heterocycles. The van der Waals surface area contributed by atoms with Gasteiger partial charge >= 0.3 is 0 Å². The highest BCUT2D eigenvalue weighted by atomic mass is 79.9. The maximum absolute atomic E-state index is 13.4. The Labute approximate surface area is 111 Å². The van der Waals surface area contributed by atoms with Gasteiger partial charge in [0.25, 0.3) is 0 Å². The van der Waals surface area contributed by atoms with Gasteiger partial charge in [0.2, 0.25) is 0 Å². The third kappa shape index (κ3) is 4.07.